The first-order valence-corrected chi connectivity index (χ1v) is 6.85. The monoisotopic (exact) mass is 321 g/mol. The Labute approximate surface area is 121 Å². The maximum Gasteiger partial charge on any atom is 0.123 e. The van der Waals surface area contributed by atoms with Crippen molar-refractivity contribution in [3.63, 3.8) is 0 Å². The lowest BCUT2D eigenvalue weighted by Crippen LogP contribution is -2.01. The van der Waals surface area contributed by atoms with Gasteiger partial charge in [-0.25, -0.2) is 0 Å². The molecule has 0 aliphatic carbocycles. The van der Waals surface area contributed by atoms with Gasteiger partial charge in [-0.2, -0.15) is 0 Å². The first-order valence-electron chi connectivity index (χ1n) is 6.06. The van der Waals surface area contributed by atoms with E-state index in [4.69, 9.17) is 15.6 Å². The molecule has 0 fully saturated rings. The van der Waals surface area contributed by atoms with E-state index in [2.05, 4.69) is 15.9 Å². The van der Waals surface area contributed by atoms with Crippen molar-refractivity contribution in [1.29, 1.82) is 0 Å². The van der Waals surface area contributed by atoms with Crippen molar-refractivity contribution >= 4 is 21.6 Å². The molecule has 2 aromatic carbocycles. The second kappa shape index (κ2) is 6.59. The highest BCUT2D eigenvalue weighted by Gasteiger charge is 2.05. The Balaban J connectivity index is 2.10. The summed E-state index contributed by atoms with van der Waals surface area (Å²) in [4.78, 5) is 0. The molecular formula is C15H16BrNO2. The number of aliphatic hydroxyl groups is 1. The van der Waals surface area contributed by atoms with Crippen LogP contribution >= 0.6 is 15.9 Å². The summed E-state index contributed by atoms with van der Waals surface area (Å²) in [6.07, 6.45) is 0.596. The Morgan fingerprint density at radius 1 is 1.11 bits per heavy atom. The van der Waals surface area contributed by atoms with Crippen LogP contribution in [0.3, 0.4) is 0 Å². The van der Waals surface area contributed by atoms with E-state index in [1.54, 1.807) is 0 Å². The van der Waals surface area contributed by atoms with Crippen molar-refractivity contribution in [3.05, 3.63) is 58.1 Å². The third-order valence-electron chi connectivity index (χ3n) is 2.81. The Morgan fingerprint density at radius 3 is 2.63 bits per heavy atom. The van der Waals surface area contributed by atoms with E-state index in [1.165, 1.54) is 0 Å². The molecule has 0 bridgehead atoms. The number of hydrogen-bond acceptors (Lipinski definition) is 3. The van der Waals surface area contributed by atoms with Crippen LogP contribution in [-0.2, 0) is 13.0 Å². The van der Waals surface area contributed by atoms with Crippen molar-refractivity contribution in [2.24, 2.45) is 0 Å². The summed E-state index contributed by atoms with van der Waals surface area (Å²) in [5.74, 6) is 0.806. The molecule has 19 heavy (non-hydrogen) atoms. The number of rotatable bonds is 5. The summed E-state index contributed by atoms with van der Waals surface area (Å²) in [7, 11) is 0. The second-order valence-corrected chi connectivity index (χ2v) is 5.08. The maximum atomic E-state index is 9.03. The molecule has 0 aliphatic rings. The molecule has 0 saturated heterocycles. The van der Waals surface area contributed by atoms with Crippen LogP contribution in [0.4, 0.5) is 5.69 Å². The summed E-state index contributed by atoms with van der Waals surface area (Å²) in [6, 6.07) is 13.4. The van der Waals surface area contributed by atoms with E-state index in [0.717, 1.165) is 27.0 Å². The summed E-state index contributed by atoms with van der Waals surface area (Å²) >= 11 is 3.47. The van der Waals surface area contributed by atoms with Gasteiger partial charge < -0.3 is 15.6 Å². The number of anilines is 1. The van der Waals surface area contributed by atoms with Crippen molar-refractivity contribution in [3.8, 4) is 5.75 Å². The molecule has 0 spiro atoms. The number of hydrogen-bond donors (Lipinski definition) is 2. The summed E-state index contributed by atoms with van der Waals surface area (Å²) in [5.41, 5.74) is 8.46. The summed E-state index contributed by atoms with van der Waals surface area (Å²) in [5, 5.41) is 9.03. The molecule has 0 heterocycles. The molecule has 0 aliphatic heterocycles. The zero-order valence-corrected chi connectivity index (χ0v) is 12.1. The van der Waals surface area contributed by atoms with Gasteiger partial charge in [-0.1, -0.05) is 40.2 Å². The normalized spacial score (nSPS) is 10.4. The van der Waals surface area contributed by atoms with E-state index in [0.29, 0.717) is 13.0 Å². The van der Waals surface area contributed by atoms with Gasteiger partial charge in [0.25, 0.3) is 0 Å². The van der Waals surface area contributed by atoms with Gasteiger partial charge >= 0.3 is 0 Å². The maximum absolute atomic E-state index is 9.03. The number of nitrogen functional groups attached to an aromatic ring is 1. The fourth-order valence-corrected chi connectivity index (χ4v) is 2.32. The third kappa shape index (κ3) is 3.72. The molecule has 100 valence electrons. The average Bonchev–Trinajstić information content (AvgIpc) is 2.40. The van der Waals surface area contributed by atoms with E-state index in [1.807, 2.05) is 42.5 Å². The van der Waals surface area contributed by atoms with Gasteiger partial charge in [-0.05, 0) is 30.2 Å². The molecule has 4 heteroatoms. The zero-order chi connectivity index (χ0) is 13.7. The molecule has 3 nitrogen and oxygen atoms in total. The predicted octanol–water partition coefficient (Wildman–Crippen LogP) is 3.15. The standard InChI is InChI=1S/C15H16BrNO2/c16-14-9-13(17)6-5-12(14)10-19-15-4-2-1-3-11(15)7-8-18/h1-6,9,18H,7-8,10,17H2. The van der Waals surface area contributed by atoms with Gasteiger partial charge in [0.15, 0.2) is 0 Å². The highest BCUT2D eigenvalue weighted by molar-refractivity contribution is 9.10. The molecule has 0 radical (unpaired) electrons. The number of aliphatic hydroxyl groups excluding tert-OH is 1. The van der Waals surface area contributed by atoms with Crippen LogP contribution in [0.2, 0.25) is 0 Å². The number of para-hydroxylation sites is 1. The minimum atomic E-state index is 0.117. The van der Waals surface area contributed by atoms with Crippen molar-refractivity contribution in [1.82, 2.24) is 0 Å². The first kappa shape index (κ1) is 13.9. The van der Waals surface area contributed by atoms with Crippen LogP contribution in [0, 0.1) is 0 Å². The van der Waals surface area contributed by atoms with E-state index in [9.17, 15) is 0 Å². The fraction of sp³-hybridized carbons (Fsp3) is 0.200. The second-order valence-electron chi connectivity index (χ2n) is 4.22. The Bertz CT molecular complexity index is 558. The highest BCUT2D eigenvalue weighted by Crippen LogP contribution is 2.24. The van der Waals surface area contributed by atoms with Crippen LogP contribution in [0.25, 0.3) is 0 Å². The Hall–Kier alpha value is -1.52. The fourth-order valence-electron chi connectivity index (χ4n) is 1.81. The van der Waals surface area contributed by atoms with Crippen molar-refractivity contribution in [2.75, 3.05) is 12.3 Å². The first-order chi connectivity index (χ1) is 9.20. The topological polar surface area (TPSA) is 55.5 Å². The number of ether oxygens (including phenoxy) is 1. The van der Waals surface area contributed by atoms with E-state index in [-0.39, 0.29) is 6.61 Å². The molecule has 0 saturated carbocycles. The lowest BCUT2D eigenvalue weighted by molar-refractivity contribution is 0.283. The average molecular weight is 322 g/mol. The number of benzene rings is 2. The lowest BCUT2D eigenvalue weighted by Gasteiger charge is -2.12. The van der Waals surface area contributed by atoms with Crippen LogP contribution < -0.4 is 10.5 Å². The molecule has 0 atom stereocenters. The van der Waals surface area contributed by atoms with Gasteiger partial charge in [0.05, 0.1) is 0 Å². The van der Waals surface area contributed by atoms with E-state index >= 15 is 0 Å². The van der Waals surface area contributed by atoms with Gasteiger partial charge in [0.1, 0.15) is 12.4 Å². The molecule has 2 aromatic rings. The largest absolute Gasteiger partial charge is 0.489 e. The smallest absolute Gasteiger partial charge is 0.123 e. The summed E-state index contributed by atoms with van der Waals surface area (Å²) < 4.78 is 6.75. The number of halogens is 1. The quantitative estimate of drug-likeness (QED) is 0.832. The van der Waals surface area contributed by atoms with Gasteiger partial charge in [0.2, 0.25) is 0 Å². The minimum absolute atomic E-state index is 0.117. The number of nitrogens with two attached hydrogens (primary N) is 1. The van der Waals surface area contributed by atoms with Gasteiger partial charge in [-0.15, -0.1) is 0 Å². The van der Waals surface area contributed by atoms with Gasteiger partial charge in [-0.3, -0.25) is 0 Å². The van der Waals surface area contributed by atoms with Crippen LogP contribution in [0.5, 0.6) is 5.75 Å². The van der Waals surface area contributed by atoms with Crippen molar-refractivity contribution < 1.29 is 9.84 Å². The molecular weight excluding hydrogens is 306 g/mol. The minimum Gasteiger partial charge on any atom is -0.489 e. The molecule has 3 N–H and O–H groups in total. The third-order valence-corrected chi connectivity index (χ3v) is 3.55. The van der Waals surface area contributed by atoms with Crippen LogP contribution in [-0.4, -0.2) is 11.7 Å². The van der Waals surface area contributed by atoms with E-state index < -0.39 is 0 Å². The SMILES string of the molecule is Nc1ccc(COc2ccccc2CCO)c(Br)c1. The molecule has 2 rings (SSSR count). The van der Waals surface area contributed by atoms with Gasteiger partial charge in [0, 0.05) is 22.3 Å². The zero-order valence-electron chi connectivity index (χ0n) is 10.5. The predicted molar refractivity (Wildman–Crippen MR) is 80.1 cm³/mol. The Morgan fingerprint density at radius 2 is 1.89 bits per heavy atom. The van der Waals surface area contributed by atoms with Crippen LogP contribution in [0.1, 0.15) is 11.1 Å². The van der Waals surface area contributed by atoms with Crippen molar-refractivity contribution in [2.45, 2.75) is 13.0 Å². The Kier molecular flexibility index (Phi) is 4.82. The molecule has 0 amide bonds. The van der Waals surface area contributed by atoms with Crippen LogP contribution in [0.15, 0.2) is 46.9 Å². The lowest BCUT2D eigenvalue weighted by atomic mass is 10.1. The molecule has 0 unspecified atom stereocenters. The summed E-state index contributed by atoms with van der Waals surface area (Å²) in [6.45, 7) is 0.579. The highest BCUT2D eigenvalue weighted by atomic mass is 79.9. The molecule has 0 aromatic heterocycles.